The molecule has 1 unspecified atom stereocenters. The normalized spacial score (nSPS) is 12.2. The Morgan fingerprint density at radius 3 is 2.41 bits per heavy atom. The van der Waals surface area contributed by atoms with Gasteiger partial charge in [0.05, 0.1) is 6.61 Å². The van der Waals surface area contributed by atoms with Crippen molar-refractivity contribution >= 4 is 5.97 Å². The lowest BCUT2D eigenvalue weighted by molar-refractivity contribution is -0.149. The molecule has 0 saturated carbocycles. The average molecular weight is 248 g/mol. The van der Waals surface area contributed by atoms with Crippen LogP contribution in [0.5, 0.6) is 5.75 Å². The first-order chi connectivity index (χ1) is 7.95. The number of rotatable bonds is 4. The highest BCUT2D eigenvalue weighted by Gasteiger charge is 2.20. The van der Waals surface area contributed by atoms with Gasteiger partial charge in [0, 0.05) is 6.42 Å². The van der Waals surface area contributed by atoms with Gasteiger partial charge in [0.25, 0.3) is 0 Å². The van der Waals surface area contributed by atoms with Crippen molar-refractivity contribution in [1.82, 2.24) is 0 Å². The van der Waals surface area contributed by atoms with Gasteiger partial charge in [-0.1, -0.05) is 0 Å². The topological polar surface area (TPSA) is 46.5 Å². The van der Waals surface area contributed by atoms with E-state index in [4.69, 9.17) is 5.11 Å². The Bertz CT molecular complexity index is 397. The summed E-state index contributed by atoms with van der Waals surface area (Å²) in [7, 11) is 0. The molecule has 0 saturated heterocycles. The molecule has 3 nitrogen and oxygen atoms in total. The minimum absolute atomic E-state index is 0.0254. The Hall–Kier alpha value is -1.72. The largest absolute Gasteiger partial charge is 0.503 e. The van der Waals surface area contributed by atoms with Crippen LogP contribution in [0, 0.1) is 11.6 Å². The molecule has 0 aliphatic heterocycles. The highest BCUT2D eigenvalue weighted by Crippen LogP contribution is 2.22. The zero-order valence-electron chi connectivity index (χ0n) is 9.04. The molecule has 0 fully saturated rings. The number of ether oxygens (including phenoxy) is 1. The van der Waals surface area contributed by atoms with Crippen LogP contribution in [-0.2, 0) is 16.0 Å². The molecule has 1 rings (SSSR count). The fourth-order valence-corrected chi connectivity index (χ4v) is 1.26. The van der Waals surface area contributed by atoms with E-state index < -0.39 is 35.9 Å². The van der Waals surface area contributed by atoms with Crippen LogP contribution in [0.1, 0.15) is 12.5 Å². The summed E-state index contributed by atoms with van der Waals surface area (Å²) in [5.41, 5.74) is -0.0710. The van der Waals surface area contributed by atoms with Crippen molar-refractivity contribution in [2.75, 3.05) is 6.61 Å². The Balaban J connectivity index is 2.78. The molecule has 0 bridgehead atoms. The van der Waals surface area contributed by atoms with Crippen LogP contribution < -0.4 is 0 Å². The number of alkyl halides is 1. The van der Waals surface area contributed by atoms with Crippen LogP contribution in [0.2, 0.25) is 0 Å². The zero-order valence-corrected chi connectivity index (χ0v) is 9.04. The highest BCUT2D eigenvalue weighted by atomic mass is 19.1. The molecular weight excluding hydrogens is 237 g/mol. The second kappa shape index (κ2) is 5.56. The van der Waals surface area contributed by atoms with E-state index in [1.165, 1.54) is 6.92 Å². The lowest BCUT2D eigenvalue weighted by atomic mass is 10.1. The summed E-state index contributed by atoms with van der Waals surface area (Å²) in [5.74, 6) is -4.60. The summed E-state index contributed by atoms with van der Waals surface area (Å²) in [6.07, 6.45) is -2.49. The van der Waals surface area contributed by atoms with E-state index in [0.29, 0.717) is 0 Å². The molecule has 1 atom stereocenters. The first kappa shape index (κ1) is 13.3. The summed E-state index contributed by atoms with van der Waals surface area (Å²) in [4.78, 5) is 11.0. The van der Waals surface area contributed by atoms with Crippen molar-refractivity contribution in [1.29, 1.82) is 0 Å². The summed E-state index contributed by atoms with van der Waals surface area (Å²) in [5, 5.41) is 8.82. The van der Waals surface area contributed by atoms with Crippen LogP contribution in [0.15, 0.2) is 12.1 Å². The molecule has 1 aromatic rings. The predicted molar refractivity (Wildman–Crippen MR) is 53.3 cm³/mol. The molecule has 0 amide bonds. The Morgan fingerprint density at radius 2 is 1.94 bits per heavy atom. The quantitative estimate of drug-likeness (QED) is 0.830. The number of hydrogen-bond donors (Lipinski definition) is 1. The van der Waals surface area contributed by atoms with E-state index in [0.717, 1.165) is 12.1 Å². The van der Waals surface area contributed by atoms with E-state index in [-0.39, 0.29) is 12.2 Å². The van der Waals surface area contributed by atoms with Crippen molar-refractivity contribution in [3.8, 4) is 5.75 Å². The van der Waals surface area contributed by atoms with Crippen LogP contribution in [-0.4, -0.2) is 23.9 Å². The van der Waals surface area contributed by atoms with E-state index >= 15 is 0 Å². The number of hydrogen-bond acceptors (Lipinski definition) is 3. The third kappa shape index (κ3) is 3.37. The predicted octanol–water partition coefficient (Wildman–Crippen LogP) is 2.11. The molecule has 0 aliphatic rings. The monoisotopic (exact) mass is 248 g/mol. The zero-order chi connectivity index (χ0) is 13.0. The molecule has 1 aromatic carbocycles. The Kier molecular flexibility index (Phi) is 4.37. The van der Waals surface area contributed by atoms with Gasteiger partial charge in [0.2, 0.25) is 6.17 Å². The average Bonchev–Trinajstić information content (AvgIpc) is 2.26. The lowest BCUT2D eigenvalue weighted by Crippen LogP contribution is -2.21. The second-order valence-corrected chi connectivity index (χ2v) is 3.33. The first-order valence-electron chi connectivity index (χ1n) is 4.93. The maximum absolute atomic E-state index is 13.3. The van der Waals surface area contributed by atoms with E-state index in [9.17, 15) is 18.0 Å². The molecule has 1 N–H and O–H groups in total. The van der Waals surface area contributed by atoms with Crippen molar-refractivity contribution in [2.45, 2.75) is 19.5 Å². The molecule has 6 heteroatoms. The van der Waals surface area contributed by atoms with E-state index in [1.807, 2.05) is 0 Å². The fourth-order valence-electron chi connectivity index (χ4n) is 1.26. The van der Waals surface area contributed by atoms with Gasteiger partial charge in [-0.3, -0.25) is 0 Å². The summed E-state index contributed by atoms with van der Waals surface area (Å²) in [6, 6.07) is 1.54. The molecular formula is C11H11F3O3. The van der Waals surface area contributed by atoms with Crippen molar-refractivity contribution < 1.29 is 27.8 Å². The maximum atomic E-state index is 13.3. The molecule has 94 valence electrons. The Labute approximate surface area is 95.8 Å². The Morgan fingerprint density at radius 1 is 1.41 bits per heavy atom. The van der Waals surface area contributed by atoms with Gasteiger partial charge in [-0.05, 0) is 24.6 Å². The smallest absolute Gasteiger partial charge is 0.341 e. The number of phenols is 1. The van der Waals surface area contributed by atoms with Gasteiger partial charge in [-0.25, -0.2) is 18.0 Å². The number of carbonyl (C=O) groups is 1. The summed E-state index contributed by atoms with van der Waals surface area (Å²) in [6.45, 7) is 1.54. The summed E-state index contributed by atoms with van der Waals surface area (Å²) >= 11 is 0. The number of esters is 1. The molecule has 0 aliphatic carbocycles. The van der Waals surface area contributed by atoms with Gasteiger partial charge < -0.3 is 9.84 Å². The SMILES string of the molecule is CCOC(=O)C(F)Cc1cc(F)c(O)c(F)c1. The second-order valence-electron chi connectivity index (χ2n) is 3.33. The number of carbonyl (C=O) groups excluding carboxylic acids is 1. The molecule has 0 aromatic heterocycles. The van der Waals surface area contributed by atoms with Gasteiger partial charge in [-0.2, -0.15) is 0 Å². The van der Waals surface area contributed by atoms with Crippen LogP contribution in [0.4, 0.5) is 13.2 Å². The lowest BCUT2D eigenvalue weighted by Gasteiger charge is -2.08. The van der Waals surface area contributed by atoms with E-state index in [2.05, 4.69) is 4.74 Å². The maximum Gasteiger partial charge on any atom is 0.341 e. The van der Waals surface area contributed by atoms with E-state index in [1.54, 1.807) is 0 Å². The fraction of sp³-hybridized carbons (Fsp3) is 0.364. The van der Waals surface area contributed by atoms with Gasteiger partial charge in [-0.15, -0.1) is 0 Å². The summed E-state index contributed by atoms with van der Waals surface area (Å²) < 4.78 is 43.5. The third-order valence-electron chi connectivity index (χ3n) is 2.03. The third-order valence-corrected chi connectivity index (χ3v) is 2.03. The molecule has 0 spiro atoms. The minimum Gasteiger partial charge on any atom is -0.503 e. The van der Waals surface area contributed by atoms with Crippen molar-refractivity contribution in [2.24, 2.45) is 0 Å². The molecule has 17 heavy (non-hydrogen) atoms. The highest BCUT2D eigenvalue weighted by molar-refractivity contribution is 5.74. The molecule has 0 radical (unpaired) electrons. The standard InChI is InChI=1S/C11H11F3O3/c1-2-17-11(16)9(14)5-6-3-7(12)10(15)8(13)4-6/h3-4,9,15H,2,5H2,1H3. The van der Waals surface area contributed by atoms with Crippen molar-refractivity contribution in [3.05, 3.63) is 29.3 Å². The van der Waals surface area contributed by atoms with Gasteiger partial charge in [0.15, 0.2) is 17.4 Å². The number of phenolic OH excluding ortho intramolecular Hbond substituents is 1. The van der Waals surface area contributed by atoms with Gasteiger partial charge >= 0.3 is 5.97 Å². The van der Waals surface area contributed by atoms with Crippen LogP contribution in [0.25, 0.3) is 0 Å². The number of halogens is 3. The minimum atomic E-state index is -1.99. The number of benzene rings is 1. The van der Waals surface area contributed by atoms with Crippen molar-refractivity contribution in [3.63, 3.8) is 0 Å². The van der Waals surface area contributed by atoms with Crippen LogP contribution in [0.3, 0.4) is 0 Å². The number of aromatic hydroxyl groups is 1. The first-order valence-corrected chi connectivity index (χ1v) is 4.93. The van der Waals surface area contributed by atoms with Gasteiger partial charge in [0.1, 0.15) is 0 Å². The van der Waals surface area contributed by atoms with Crippen LogP contribution >= 0.6 is 0 Å². The molecule has 0 heterocycles.